The number of ether oxygens (including phenoxy) is 1. The molecule has 0 aliphatic heterocycles. The number of nitrogens with one attached hydrogen (secondary N) is 2. The Morgan fingerprint density at radius 2 is 1.71 bits per heavy atom. The Morgan fingerprint density at radius 3 is 2.25 bits per heavy atom. The van der Waals surface area contributed by atoms with E-state index < -0.39 is 39.1 Å². The lowest BCUT2D eigenvalue weighted by molar-refractivity contribution is -0.129. The van der Waals surface area contributed by atoms with E-state index in [0.29, 0.717) is 25.8 Å². The zero-order chi connectivity index (χ0) is 21.4. The van der Waals surface area contributed by atoms with Gasteiger partial charge in [-0.1, -0.05) is 12.8 Å². The average Bonchev–Trinajstić information content (AvgIpc) is 3.04. The number of hydrogen-bond donors (Lipinski definition) is 2. The summed E-state index contributed by atoms with van der Waals surface area (Å²) in [4.78, 5) is 36.3. The molecule has 2 amide bonds. The molecule has 0 aromatic carbocycles. The predicted octanol–water partition coefficient (Wildman–Crippen LogP) is 1.97. The van der Waals surface area contributed by atoms with Crippen LogP contribution in [0.4, 0.5) is 4.79 Å². The summed E-state index contributed by atoms with van der Waals surface area (Å²) < 4.78 is 28.1. The highest BCUT2D eigenvalue weighted by atomic mass is 32.2. The first-order chi connectivity index (χ1) is 12.9. The molecule has 0 saturated heterocycles. The topological polar surface area (TPSA) is 119 Å². The Labute approximate surface area is 168 Å². The van der Waals surface area contributed by atoms with Crippen molar-refractivity contribution in [2.45, 2.75) is 77.4 Å². The van der Waals surface area contributed by atoms with Crippen LogP contribution in [0.5, 0.6) is 0 Å². The van der Waals surface area contributed by atoms with E-state index in [1.807, 2.05) is 0 Å². The molecule has 1 rings (SSSR count). The quantitative estimate of drug-likeness (QED) is 0.524. The Bertz CT molecular complexity index is 648. The van der Waals surface area contributed by atoms with Gasteiger partial charge in [0.2, 0.25) is 5.91 Å². The lowest BCUT2D eigenvalue weighted by atomic mass is 10.0. The average molecular weight is 419 g/mol. The minimum absolute atomic E-state index is 0.0950. The van der Waals surface area contributed by atoms with Gasteiger partial charge in [-0.3, -0.25) is 9.59 Å². The third-order valence-electron chi connectivity index (χ3n) is 4.42. The van der Waals surface area contributed by atoms with Gasteiger partial charge in [-0.05, 0) is 52.9 Å². The SMILES string of the molecule is CC(C)(C)OC(=O)NCCCCC(NC(=O)C1CCCC1)C(=O)CS(C)(=O)=O. The second-order valence-electron chi connectivity index (χ2n) is 8.50. The highest BCUT2D eigenvalue weighted by Crippen LogP contribution is 2.25. The maximum absolute atomic E-state index is 12.4. The minimum Gasteiger partial charge on any atom is -0.444 e. The highest BCUT2D eigenvalue weighted by molar-refractivity contribution is 7.91. The fraction of sp³-hybridized carbons (Fsp3) is 0.842. The molecule has 0 bridgehead atoms. The van der Waals surface area contributed by atoms with E-state index in [4.69, 9.17) is 4.74 Å². The van der Waals surface area contributed by atoms with Crippen molar-refractivity contribution in [3.8, 4) is 0 Å². The standard InChI is InChI=1S/C19H34N2O6S/c1-19(2,3)27-18(24)20-12-8-7-11-15(16(22)13-28(4,25)26)21-17(23)14-9-5-6-10-14/h14-15H,5-13H2,1-4H3,(H,20,24)(H,21,23). The summed E-state index contributed by atoms with van der Waals surface area (Å²) in [5.41, 5.74) is -0.572. The Balaban J connectivity index is 2.49. The van der Waals surface area contributed by atoms with Crippen molar-refractivity contribution in [1.82, 2.24) is 10.6 Å². The Morgan fingerprint density at radius 1 is 1.11 bits per heavy atom. The zero-order valence-corrected chi connectivity index (χ0v) is 18.2. The molecule has 1 aliphatic carbocycles. The van der Waals surface area contributed by atoms with Gasteiger partial charge in [0.15, 0.2) is 15.6 Å². The minimum atomic E-state index is -3.46. The number of alkyl carbamates (subject to hydrolysis) is 1. The smallest absolute Gasteiger partial charge is 0.407 e. The number of unbranched alkanes of at least 4 members (excludes halogenated alkanes) is 1. The second-order valence-corrected chi connectivity index (χ2v) is 10.6. The third-order valence-corrected chi connectivity index (χ3v) is 5.23. The molecule has 0 heterocycles. The number of Topliss-reactive ketones (excluding diaryl/α,β-unsaturated/α-hetero) is 1. The number of carbonyl (C=O) groups excluding carboxylic acids is 3. The number of carbonyl (C=O) groups is 3. The van der Waals surface area contributed by atoms with Crippen molar-refractivity contribution in [2.24, 2.45) is 5.92 Å². The molecule has 1 saturated carbocycles. The lowest BCUT2D eigenvalue weighted by Crippen LogP contribution is -2.45. The van der Waals surface area contributed by atoms with Crippen LogP contribution in [0.25, 0.3) is 0 Å². The van der Waals surface area contributed by atoms with Crippen LogP contribution in [0.2, 0.25) is 0 Å². The van der Waals surface area contributed by atoms with E-state index in [9.17, 15) is 22.8 Å². The zero-order valence-electron chi connectivity index (χ0n) is 17.4. The van der Waals surface area contributed by atoms with Crippen LogP contribution < -0.4 is 10.6 Å². The van der Waals surface area contributed by atoms with Crippen LogP contribution in [0.15, 0.2) is 0 Å². The van der Waals surface area contributed by atoms with Gasteiger partial charge in [-0.15, -0.1) is 0 Å². The monoisotopic (exact) mass is 418 g/mol. The van der Waals surface area contributed by atoms with Gasteiger partial charge in [0.05, 0.1) is 6.04 Å². The van der Waals surface area contributed by atoms with Gasteiger partial charge in [0.1, 0.15) is 11.4 Å². The van der Waals surface area contributed by atoms with Crippen LogP contribution in [-0.2, 0) is 24.2 Å². The first kappa shape index (κ1) is 24.4. The van der Waals surface area contributed by atoms with Gasteiger partial charge in [-0.25, -0.2) is 13.2 Å². The Kier molecular flexibility index (Phi) is 9.39. The molecule has 0 aromatic rings. The Hall–Kier alpha value is -1.64. The molecule has 1 unspecified atom stereocenters. The van der Waals surface area contributed by atoms with E-state index in [0.717, 1.165) is 31.9 Å². The van der Waals surface area contributed by atoms with Gasteiger partial charge in [-0.2, -0.15) is 0 Å². The van der Waals surface area contributed by atoms with Crippen LogP contribution in [-0.4, -0.2) is 56.4 Å². The summed E-state index contributed by atoms with van der Waals surface area (Å²) in [6.07, 6.45) is 5.58. The summed E-state index contributed by atoms with van der Waals surface area (Å²) >= 11 is 0. The molecule has 0 radical (unpaired) electrons. The van der Waals surface area contributed by atoms with E-state index in [1.165, 1.54) is 0 Å². The summed E-state index contributed by atoms with van der Waals surface area (Å²) in [5.74, 6) is -1.34. The van der Waals surface area contributed by atoms with Crippen LogP contribution in [0.3, 0.4) is 0 Å². The van der Waals surface area contributed by atoms with Crippen LogP contribution in [0, 0.1) is 5.92 Å². The van der Waals surface area contributed by atoms with Gasteiger partial charge in [0, 0.05) is 18.7 Å². The highest BCUT2D eigenvalue weighted by Gasteiger charge is 2.28. The molecule has 0 spiro atoms. The second kappa shape index (κ2) is 10.8. The molecular formula is C19H34N2O6S. The number of hydrogen-bond acceptors (Lipinski definition) is 6. The molecular weight excluding hydrogens is 384 g/mol. The van der Waals surface area contributed by atoms with E-state index in [2.05, 4.69) is 10.6 Å². The van der Waals surface area contributed by atoms with E-state index >= 15 is 0 Å². The fourth-order valence-corrected chi connectivity index (χ4v) is 3.85. The van der Waals surface area contributed by atoms with E-state index in [1.54, 1.807) is 20.8 Å². The van der Waals surface area contributed by atoms with Crippen molar-refractivity contribution < 1.29 is 27.5 Å². The molecule has 8 nitrogen and oxygen atoms in total. The molecule has 1 atom stereocenters. The van der Waals surface area contributed by atoms with Crippen molar-refractivity contribution >= 4 is 27.6 Å². The van der Waals surface area contributed by atoms with Gasteiger partial charge in [0.25, 0.3) is 0 Å². The largest absolute Gasteiger partial charge is 0.444 e. The first-order valence-corrected chi connectivity index (χ1v) is 11.9. The lowest BCUT2D eigenvalue weighted by Gasteiger charge is -2.20. The molecule has 162 valence electrons. The predicted molar refractivity (Wildman–Crippen MR) is 107 cm³/mol. The van der Waals surface area contributed by atoms with Crippen molar-refractivity contribution in [3.63, 3.8) is 0 Å². The summed E-state index contributed by atoms with van der Waals surface area (Å²) in [6, 6.07) is -0.815. The van der Waals surface area contributed by atoms with E-state index in [-0.39, 0.29) is 11.8 Å². The molecule has 9 heteroatoms. The first-order valence-electron chi connectivity index (χ1n) is 9.85. The summed E-state index contributed by atoms with van der Waals surface area (Å²) in [7, 11) is -3.46. The maximum atomic E-state index is 12.4. The molecule has 1 fully saturated rings. The molecule has 0 aromatic heterocycles. The van der Waals surface area contributed by atoms with Gasteiger partial charge >= 0.3 is 6.09 Å². The third kappa shape index (κ3) is 10.6. The van der Waals surface area contributed by atoms with Crippen LogP contribution >= 0.6 is 0 Å². The number of sulfone groups is 1. The fourth-order valence-electron chi connectivity index (χ4n) is 3.13. The number of rotatable bonds is 10. The normalized spacial score (nSPS) is 16.4. The summed E-state index contributed by atoms with van der Waals surface area (Å²) in [6.45, 7) is 5.70. The summed E-state index contributed by atoms with van der Waals surface area (Å²) in [5, 5.41) is 5.38. The van der Waals surface area contributed by atoms with Gasteiger partial charge < -0.3 is 15.4 Å². The molecule has 28 heavy (non-hydrogen) atoms. The van der Waals surface area contributed by atoms with Crippen LogP contribution in [0.1, 0.15) is 65.7 Å². The van der Waals surface area contributed by atoms with Crippen molar-refractivity contribution in [1.29, 1.82) is 0 Å². The van der Waals surface area contributed by atoms with Crippen molar-refractivity contribution in [3.05, 3.63) is 0 Å². The maximum Gasteiger partial charge on any atom is 0.407 e. The number of ketones is 1. The molecule has 1 aliphatic rings. The number of amides is 2. The molecule has 2 N–H and O–H groups in total. The van der Waals surface area contributed by atoms with Crippen molar-refractivity contribution in [2.75, 3.05) is 18.6 Å².